The van der Waals surface area contributed by atoms with Crippen molar-refractivity contribution in [1.29, 1.82) is 5.26 Å². The molecular formula is C46H25BN6O2. The molecule has 0 saturated heterocycles. The van der Waals surface area contributed by atoms with Crippen LogP contribution in [0.15, 0.2) is 152 Å². The summed E-state index contributed by atoms with van der Waals surface area (Å²) < 4.78 is 17.6. The maximum atomic E-state index is 10.9. The number of rotatable bonds is 3. The molecule has 3 aromatic heterocycles. The van der Waals surface area contributed by atoms with E-state index in [1.807, 2.05) is 84.9 Å². The monoisotopic (exact) mass is 704 g/mol. The highest BCUT2D eigenvalue weighted by atomic mass is 16.5. The molecule has 9 heteroatoms. The molecule has 0 bridgehead atoms. The van der Waals surface area contributed by atoms with E-state index in [1.54, 1.807) is 6.07 Å². The lowest BCUT2D eigenvalue weighted by Crippen LogP contribution is -2.57. The number of hydrogen-bond acceptors (Lipinski definition) is 6. The first-order chi connectivity index (χ1) is 27.2. The van der Waals surface area contributed by atoms with E-state index in [1.165, 1.54) is 0 Å². The lowest BCUT2D eigenvalue weighted by atomic mass is 9.34. The lowest BCUT2D eigenvalue weighted by molar-refractivity contribution is 0.465. The minimum absolute atomic E-state index is 0.193. The Bertz CT molecular complexity index is 3070. The van der Waals surface area contributed by atoms with E-state index in [9.17, 15) is 5.26 Å². The van der Waals surface area contributed by atoms with E-state index in [0.717, 1.165) is 65.7 Å². The van der Waals surface area contributed by atoms with Crippen LogP contribution in [0.5, 0.6) is 23.0 Å². The van der Waals surface area contributed by atoms with Crippen LogP contribution in [0.1, 0.15) is 5.56 Å². The van der Waals surface area contributed by atoms with Crippen LogP contribution in [0.25, 0.3) is 66.9 Å². The molecule has 0 radical (unpaired) electrons. The largest absolute Gasteiger partial charge is 0.458 e. The zero-order chi connectivity index (χ0) is 36.2. The van der Waals surface area contributed by atoms with Gasteiger partial charge < -0.3 is 9.47 Å². The minimum atomic E-state index is -0.193. The highest BCUT2D eigenvalue weighted by molar-refractivity contribution is 6.98. The standard InChI is InChI=1S/C46H25BN6O2/c48-26-27-25-40-42-43(55-39-24-12-6-18-33(39)47(42)32-17-5-11-23-38(32)54-40)41(27)44-49-45(52-34-19-7-1-13-28(34)29-14-2-8-20-35(29)52)51-46(50-44)53-36-21-9-3-15-30(36)31-16-4-10-22-37(31)53/h1-25H. The second-order valence-electron chi connectivity index (χ2n) is 13.9. The summed E-state index contributed by atoms with van der Waals surface area (Å²) in [5.74, 6) is 3.69. The van der Waals surface area contributed by atoms with Crippen molar-refractivity contribution in [2.45, 2.75) is 0 Å². The van der Waals surface area contributed by atoms with Crippen LogP contribution < -0.4 is 25.9 Å². The molecule has 10 aromatic rings. The molecule has 0 spiro atoms. The van der Waals surface area contributed by atoms with Gasteiger partial charge in [-0.15, -0.1) is 0 Å². The normalized spacial score (nSPS) is 12.6. The molecule has 0 N–H and O–H groups in total. The predicted molar refractivity (Wildman–Crippen MR) is 216 cm³/mol. The molecule has 12 rings (SSSR count). The fourth-order valence-electron chi connectivity index (χ4n) is 8.70. The summed E-state index contributed by atoms with van der Waals surface area (Å²) in [5, 5.41) is 15.2. The van der Waals surface area contributed by atoms with Gasteiger partial charge in [0.2, 0.25) is 11.9 Å². The third-order valence-corrected chi connectivity index (χ3v) is 11.0. The molecule has 0 amide bonds. The highest BCUT2D eigenvalue weighted by Gasteiger charge is 2.42. The molecule has 0 aliphatic carbocycles. The number of fused-ring (bicyclic) bond motifs is 10. The average Bonchev–Trinajstić information content (AvgIpc) is 3.76. The fraction of sp³-hybridized carbons (Fsp3) is 0. The Kier molecular flexibility index (Phi) is 6.05. The molecule has 2 aliphatic rings. The van der Waals surface area contributed by atoms with Crippen LogP contribution in [0.4, 0.5) is 0 Å². The third-order valence-electron chi connectivity index (χ3n) is 11.0. The van der Waals surface area contributed by atoms with Gasteiger partial charge in [0, 0.05) is 27.0 Å². The van der Waals surface area contributed by atoms with E-state index < -0.39 is 0 Å². The summed E-state index contributed by atoms with van der Waals surface area (Å²) in [6.45, 7) is -0.193. The van der Waals surface area contributed by atoms with Gasteiger partial charge in [-0.1, -0.05) is 109 Å². The van der Waals surface area contributed by atoms with E-state index in [-0.39, 0.29) is 6.71 Å². The molecule has 0 atom stereocenters. The SMILES string of the molecule is N#Cc1cc2c3c(c1-c1nc(-n4c5ccccc5c5ccccc54)nc(-n4c5ccccc5c5ccccc54)n1)Oc1ccccc1B3c1ccccc1O2. The first kappa shape index (κ1) is 29.8. The van der Waals surface area contributed by atoms with Crippen LogP contribution in [0.2, 0.25) is 0 Å². The van der Waals surface area contributed by atoms with E-state index in [4.69, 9.17) is 24.4 Å². The Morgan fingerprint density at radius 3 is 1.42 bits per heavy atom. The fourth-order valence-corrected chi connectivity index (χ4v) is 8.70. The second kappa shape index (κ2) is 11.2. The molecule has 7 aromatic carbocycles. The number of nitrogens with zero attached hydrogens (tertiary/aromatic N) is 6. The van der Waals surface area contributed by atoms with Crippen molar-refractivity contribution in [1.82, 2.24) is 24.1 Å². The quantitative estimate of drug-likeness (QED) is 0.172. The number of benzene rings is 7. The molecule has 0 saturated carbocycles. The molecule has 0 unspecified atom stereocenters. The maximum absolute atomic E-state index is 10.9. The van der Waals surface area contributed by atoms with Crippen molar-refractivity contribution < 1.29 is 9.47 Å². The van der Waals surface area contributed by atoms with Crippen LogP contribution in [-0.4, -0.2) is 30.8 Å². The minimum Gasteiger partial charge on any atom is -0.458 e. The van der Waals surface area contributed by atoms with Gasteiger partial charge in [0.25, 0.3) is 6.71 Å². The van der Waals surface area contributed by atoms with Crippen LogP contribution in [0, 0.1) is 11.3 Å². The molecular weight excluding hydrogens is 679 g/mol. The number of hydrogen-bond donors (Lipinski definition) is 0. The van der Waals surface area contributed by atoms with Gasteiger partial charge in [-0.2, -0.15) is 20.2 Å². The van der Waals surface area contributed by atoms with Crippen LogP contribution in [0.3, 0.4) is 0 Å². The van der Waals surface area contributed by atoms with Gasteiger partial charge in [-0.05, 0) is 53.4 Å². The van der Waals surface area contributed by atoms with Crippen LogP contribution in [-0.2, 0) is 0 Å². The Morgan fingerprint density at radius 1 is 0.491 bits per heavy atom. The molecule has 8 nitrogen and oxygen atoms in total. The predicted octanol–water partition coefficient (Wildman–Crippen LogP) is 8.33. The summed E-state index contributed by atoms with van der Waals surface area (Å²) in [5.41, 5.74) is 7.52. The third kappa shape index (κ3) is 4.13. The summed E-state index contributed by atoms with van der Waals surface area (Å²) in [6.07, 6.45) is 0. The molecule has 254 valence electrons. The van der Waals surface area contributed by atoms with Crippen molar-refractivity contribution in [3.63, 3.8) is 0 Å². The number of aromatic nitrogens is 5. The van der Waals surface area contributed by atoms with Crippen molar-refractivity contribution in [3.8, 4) is 52.4 Å². The Balaban J connectivity index is 1.21. The van der Waals surface area contributed by atoms with Crippen molar-refractivity contribution in [2.75, 3.05) is 0 Å². The molecule has 55 heavy (non-hydrogen) atoms. The van der Waals surface area contributed by atoms with Crippen LogP contribution >= 0.6 is 0 Å². The number of nitriles is 1. The van der Waals surface area contributed by atoms with E-state index in [0.29, 0.717) is 46.1 Å². The van der Waals surface area contributed by atoms with E-state index in [2.05, 4.69) is 75.9 Å². The van der Waals surface area contributed by atoms with Gasteiger partial charge in [0.15, 0.2) is 5.82 Å². The zero-order valence-electron chi connectivity index (χ0n) is 29.0. The summed E-state index contributed by atoms with van der Waals surface area (Å²) >= 11 is 0. The summed E-state index contributed by atoms with van der Waals surface area (Å²) in [6, 6.07) is 53.5. The average molecular weight is 705 g/mol. The topological polar surface area (TPSA) is 90.8 Å². The summed E-state index contributed by atoms with van der Waals surface area (Å²) in [7, 11) is 0. The van der Waals surface area contributed by atoms with Crippen molar-refractivity contribution in [2.24, 2.45) is 0 Å². The van der Waals surface area contributed by atoms with Gasteiger partial charge in [-0.3, -0.25) is 9.13 Å². The molecule has 5 heterocycles. The Morgan fingerprint density at radius 2 is 0.927 bits per heavy atom. The Labute approximate surface area is 314 Å². The Hall–Kier alpha value is -7.70. The highest BCUT2D eigenvalue weighted by Crippen LogP contribution is 2.43. The smallest absolute Gasteiger partial charge is 0.260 e. The van der Waals surface area contributed by atoms with Gasteiger partial charge in [0.05, 0.1) is 33.2 Å². The first-order valence-corrected chi connectivity index (χ1v) is 18.1. The lowest BCUT2D eigenvalue weighted by Gasteiger charge is -2.34. The maximum Gasteiger partial charge on any atom is 0.260 e. The number of ether oxygens (including phenoxy) is 2. The van der Waals surface area contributed by atoms with Gasteiger partial charge in [0.1, 0.15) is 29.1 Å². The van der Waals surface area contributed by atoms with Crippen molar-refractivity contribution >= 4 is 66.7 Å². The molecule has 2 aliphatic heterocycles. The first-order valence-electron chi connectivity index (χ1n) is 18.1. The number of para-hydroxylation sites is 6. The second-order valence-corrected chi connectivity index (χ2v) is 13.9. The van der Waals surface area contributed by atoms with Gasteiger partial charge >= 0.3 is 0 Å². The van der Waals surface area contributed by atoms with E-state index >= 15 is 0 Å². The summed E-state index contributed by atoms with van der Waals surface area (Å²) in [4.78, 5) is 15.9. The molecule has 0 fully saturated rings. The van der Waals surface area contributed by atoms with Crippen molar-refractivity contribution in [3.05, 3.63) is 157 Å². The van der Waals surface area contributed by atoms with Gasteiger partial charge in [-0.25, -0.2) is 0 Å². The zero-order valence-corrected chi connectivity index (χ0v) is 29.0.